The van der Waals surface area contributed by atoms with Gasteiger partial charge in [0.15, 0.2) is 0 Å². The van der Waals surface area contributed by atoms with Gasteiger partial charge in [-0.25, -0.2) is 12.8 Å². The van der Waals surface area contributed by atoms with E-state index < -0.39 is 28.0 Å². The molecule has 0 spiro atoms. The SMILES string of the molecule is C[C@@H]1CN([C@H](C)CO)C(=O)Cc2cc(NC(=O)CCN3CCOCC3)ccc2O[C@@H]1CN(C)S(=O)(=O)c1ccc(F)cc1. The molecule has 2 aliphatic rings. The Morgan fingerprint density at radius 1 is 1.19 bits per heavy atom. The van der Waals surface area contributed by atoms with Crippen LogP contribution in [-0.2, 0) is 30.8 Å². The molecule has 43 heavy (non-hydrogen) atoms. The number of carbonyl (C=O) groups is 2. The number of likely N-dealkylation sites (N-methyl/N-ethyl adjacent to an activating group) is 1. The number of hydrogen-bond donors (Lipinski definition) is 2. The maximum Gasteiger partial charge on any atom is 0.242 e. The van der Waals surface area contributed by atoms with E-state index >= 15 is 0 Å². The number of hydrogen-bond acceptors (Lipinski definition) is 8. The largest absolute Gasteiger partial charge is 0.488 e. The molecular formula is C30H41FN4O7S. The summed E-state index contributed by atoms with van der Waals surface area (Å²) in [5.74, 6) is -0.836. The van der Waals surface area contributed by atoms with Gasteiger partial charge >= 0.3 is 0 Å². The van der Waals surface area contributed by atoms with E-state index in [0.29, 0.717) is 43.2 Å². The van der Waals surface area contributed by atoms with E-state index in [-0.39, 0.29) is 48.7 Å². The van der Waals surface area contributed by atoms with Crippen LogP contribution in [0.1, 0.15) is 25.8 Å². The molecule has 3 atom stereocenters. The molecular weight excluding hydrogens is 579 g/mol. The quantitative estimate of drug-likeness (QED) is 0.413. The summed E-state index contributed by atoms with van der Waals surface area (Å²) in [6, 6.07) is 9.22. The summed E-state index contributed by atoms with van der Waals surface area (Å²) in [5.41, 5.74) is 1.05. The van der Waals surface area contributed by atoms with Crippen LogP contribution in [0.25, 0.3) is 0 Å². The van der Waals surface area contributed by atoms with Crippen molar-refractivity contribution >= 4 is 27.5 Å². The number of anilines is 1. The Hall–Kier alpha value is -3.10. The second kappa shape index (κ2) is 14.6. The summed E-state index contributed by atoms with van der Waals surface area (Å²) < 4.78 is 52.9. The molecule has 2 aliphatic heterocycles. The van der Waals surface area contributed by atoms with Crippen LogP contribution in [0.3, 0.4) is 0 Å². The lowest BCUT2D eigenvalue weighted by atomic mass is 10.0. The van der Waals surface area contributed by atoms with Crippen LogP contribution in [0.4, 0.5) is 10.1 Å². The van der Waals surface area contributed by atoms with Crippen LogP contribution in [0.15, 0.2) is 47.4 Å². The Balaban J connectivity index is 1.56. The fourth-order valence-electron chi connectivity index (χ4n) is 5.17. The third kappa shape index (κ3) is 8.51. The second-order valence-corrected chi connectivity index (χ2v) is 13.2. The molecule has 2 N–H and O–H groups in total. The topological polar surface area (TPSA) is 129 Å². The van der Waals surface area contributed by atoms with E-state index in [4.69, 9.17) is 9.47 Å². The number of aliphatic hydroxyl groups excluding tert-OH is 1. The number of nitrogens with zero attached hydrogens (tertiary/aromatic N) is 3. The minimum atomic E-state index is -3.96. The van der Waals surface area contributed by atoms with Gasteiger partial charge in [0.25, 0.3) is 0 Å². The average Bonchev–Trinajstić information content (AvgIpc) is 3.03. The third-order valence-corrected chi connectivity index (χ3v) is 9.76. The van der Waals surface area contributed by atoms with Gasteiger partial charge in [-0.05, 0) is 49.4 Å². The summed E-state index contributed by atoms with van der Waals surface area (Å²) in [7, 11) is -2.53. The van der Waals surface area contributed by atoms with E-state index in [2.05, 4.69) is 10.2 Å². The fraction of sp³-hybridized carbons (Fsp3) is 0.533. The first kappa shape index (κ1) is 32.8. The first-order valence-corrected chi connectivity index (χ1v) is 15.9. The van der Waals surface area contributed by atoms with Crippen LogP contribution in [0.2, 0.25) is 0 Å². The summed E-state index contributed by atoms with van der Waals surface area (Å²) >= 11 is 0. The molecule has 2 aromatic carbocycles. The number of sulfonamides is 1. The van der Waals surface area contributed by atoms with Gasteiger partial charge in [-0.15, -0.1) is 0 Å². The predicted molar refractivity (Wildman–Crippen MR) is 159 cm³/mol. The predicted octanol–water partition coefficient (Wildman–Crippen LogP) is 1.96. The molecule has 0 bridgehead atoms. The van der Waals surface area contributed by atoms with Gasteiger partial charge in [-0.2, -0.15) is 4.31 Å². The van der Waals surface area contributed by atoms with Crippen molar-refractivity contribution in [3.05, 3.63) is 53.8 Å². The Bertz CT molecular complexity index is 1370. The lowest BCUT2D eigenvalue weighted by Gasteiger charge is -2.33. The van der Waals surface area contributed by atoms with Gasteiger partial charge in [0, 0.05) is 56.8 Å². The Labute approximate surface area is 252 Å². The van der Waals surface area contributed by atoms with Crippen molar-refractivity contribution in [2.45, 2.75) is 43.7 Å². The van der Waals surface area contributed by atoms with E-state index in [1.165, 1.54) is 19.2 Å². The highest BCUT2D eigenvalue weighted by Gasteiger charge is 2.33. The molecule has 2 heterocycles. The van der Waals surface area contributed by atoms with Gasteiger partial charge < -0.3 is 24.8 Å². The van der Waals surface area contributed by atoms with Gasteiger partial charge in [0.05, 0.1) is 43.7 Å². The minimum Gasteiger partial charge on any atom is -0.488 e. The number of benzene rings is 2. The molecule has 236 valence electrons. The van der Waals surface area contributed by atoms with Crippen LogP contribution in [0.5, 0.6) is 5.75 Å². The molecule has 0 aromatic heterocycles. The van der Waals surface area contributed by atoms with E-state index in [9.17, 15) is 27.5 Å². The van der Waals surface area contributed by atoms with Gasteiger partial charge in [0.2, 0.25) is 21.8 Å². The first-order chi connectivity index (χ1) is 20.5. The molecule has 0 aliphatic carbocycles. The van der Waals surface area contributed by atoms with Crippen LogP contribution in [-0.4, -0.2) is 111 Å². The lowest BCUT2D eigenvalue weighted by molar-refractivity contribution is -0.134. The summed E-state index contributed by atoms with van der Waals surface area (Å²) in [6.45, 7) is 7.04. The summed E-state index contributed by atoms with van der Waals surface area (Å²) in [6.07, 6.45) is -0.393. The Kier molecular flexibility index (Phi) is 11.1. The molecule has 0 saturated carbocycles. The zero-order chi connectivity index (χ0) is 31.1. The molecule has 4 rings (SSSR count). The van der Waals surface area contributed by atoms with E-state index in [1.807, 2.05) is 6.92 Å². The van der Waals surface area contributed by atoms with Crippen molar-refractivity contribution in [1.29, 1.82) is 0 Å². The van der Waals surface area contributed by atoms with Crippen molar-refractivity contribution < 1.29 is 37.0 Å². The number of fused-ring (bicyclic) bond motifs is 1. The average molecular weight is 621 g/mol. The molecule has 2 amide bonds. The number of nitrogens with one attached hydrogen (secondary N) is 1. The Morgan fingerprint density at radius 2 is 1.88 bits per heavy atom. The molecule has 13 heteroatoms. The van der Waals surface area contributed by atoms with Crippen LogP contribution < -0.4 is 10.1 Å². The number of amides is 2. The smallest absolute Gasteiger partial charge is 0.242 e. The number of aliphatic hydroxyl groups is 1. The lowest BCUT2D eigenvalue weighted by Crippen LogP contribution is -2.48. The molecule has 1 saturated heterocycles. The summed E-state index contributed by atoms with van der Waals surface area (Å²) in [5, 5.41) is 12.8. The highest BCUT2D eigenvalue weighted by Crippen LogP contribution is 2.30. The van der Waals surface area contributed by atoms with Gasteiger partial charge in [-0.3, -0.25) is 14.5 Å². The standard InChI is InChI=1S/C30H41FN4O7S/c1-21-18-35(22(2)20-36)30(38)17-23-16-25(32-29(37)10-11-34-12-14-41-15-13-34)6-9-27(23)42-28(21)19-33(3)43(39,40)26-7-4-24(31)5-8-26/h4-9,16,21-22,28,36H,10-15,17-20H2,1-3H3,(H,32,37)/t21-,22-,28-/m1/s1. The van der Waals surface area contributed by atoms with Crippen molar-refractivity contribution in [1.82, 2.24) is 14.1 Å². The van der Waals surface area contributed by atoms with E-state index in [0.717, 1.165) is 29.5 Å². The molecule has 1 fully saturated rings. The maximum atomic E-state index is 13.5. The number of ether oxygens (including phenoxy) is 2. The number of rotatable bonds is 10. The fourth-order valence-corrected chi connectivity index (χ4v) is 6.35. The number of carbonyl (C=O) groups excluding carboxylic acids is 2. The number of morpholine rings is 1. The zero-order valence-corrected chi connectivity index (χ0v) is 25.7. The van der Waals surface area contributed by atoms with Crippen molar-refractivity contribution in [2.75, 3.05) is 64.9 Å². The van der Waals surface area contributed by atoms with Gasteiger partial charge in [0.1, 0.15) is 17.7 Å². The molecule has 0 unspecified atom stereocenters. The molecule has 2 aromatic rings. The number of halogens is 1. The second-order valence-electron chi connectivity index (χ2n) is 11.2. The first-order valence-electron chi connectivity index (χ1n) is 14.5. The third-order valence-electron chi connectivity index (χ3n) is 7.92. The Morgan fingerprint density at radius 3 is 2.56 bits per heavy atom. The molecule has 0 radical (unpaired) electrons. The monoisotopic (exact) mass is 620 g/mol. The highest BCUT2D eigenvalue weighted by atomic mass is 32.2. The molecule has 11 nitrogen and oxygen atoms in total. The summed E-state index contributed by atoms with van der Waals surface area (Å²) in [4.78, 5) is 29.9. The van der Waals surface area contributed by atoms with Crippen LogP contribution in [0, 0.1) is 11.7 Å². The normalized spacial score (nSPS) is 20.9. The minimum absolute atomic E-state index is 0.0275. The maximum absolute atomic E-state index is 13.5. The van der Waals surface area contributed by atoms with Crippen molar-refractivity contribution in [2.24, 2.45) is 5.92 Å². The van der Waals surface area contributed by atoms with Crippen molar-refractivity contribution in [3.63, 3.8) is 0 Å². The highest BCUT2D eigenvalue weighted by molar-refractivity contribution is 7.89. The van der Waals surface area contributed by atoms with Gasteiger partial charge in [-0.1, -0.05) is 6.92 Å². The van der Waals surface area contributed by atoms with E-state index in [1.54, 1.807) is 30.0 Å². The van der Waals surface area contributed by atoms with Crippen molar-refractivity contribution in [3.8, 4) is 5.75 Å². The zero-order valence-electron chi connectivity index (χ0n) is 24.9. The van der Waals surface area contributed by atoms with Crippen LogP contribution >= 0.6 is 0 Å².